The van der Waals surface area contributed by atoms with Crippen molar-refractivity contribution in [1.29, 1.82) is 0 Å². The Morgan fingerprint density at radius 2 is 2.12 bits per heavy atom. The number of fused-ring (bicyclic) bond motifs is 1. The Bertz CT molecular complexity index is 812. The van der Waals surface area contributed by atoms with E-state index in [0.717, 1.165) is 22.5 Å². The largest absolute Gasteiger partial charge is 0.361 e. The van der Waals surface area contributed by atoms with Crippen molar-refractivity contribution in [2.24, 2.45) is 0 Å². The standard InChI is InChI=1S/C17H17BrN4O2/c1-10(13-3-2-7-19-13)15-12-9-11(21-17(24)20-8-6-18)4-5-14(12)22-16(15)23/h2-5,7,9,19H,6,8H2,1H3,(H,22,23)(H2,20,21,24)/b15-10+. The Kier molecular flexibility index (Phi) is 4.71. The van der Waals surface area contributed by atoms with Crippen LogP contribution >= 0.6 is 15.9 Å². The van der Waals surface area contributed by atoms with Gasteiger partial charge in [0.15, 0.2) is 0 Å². The van der Waals surface area contributed by atoms with Crippen LogP contribution in [0.15, 0.2) is 36.5 Å². The van der Waals surface area contributed by atoms with Crippen molar-refractivity contribution in [3.8, 4) is 0 Å². The summed E-state index contributed by atoms with van der Waals surface area (Å²) in [5.41, 5.74) is 4.52. The maximum atomic E-state index is 12.4. The maximum absolute atomic E-state index is 12.4. The number of nitrogens with one attached hydrogen (secondary N) is 4. The van der Waals surface area contributed by atoms with Crippen molar-refractivity contribution < 1.29 is 9.59 Å². The van der Waals surface area contributed by atoms with Crippen molar-refractivity contribution in [3.05, 3.63) is 47.8 Å². The van der Waals surface area contributed by atoms with Crippen LogP contribution in [0.25, 0.3) is 11.1 Å². The summed E-state index contributed by atoms with van der Waals surface area (Å²) < 4.78 is 0. The molecule has 4 N–H and O–H groups in total. The lowest BCUT2D eigenvalue weighted by Crippen LogP contribution is -2.30. The predicted octanol–water partition coefficient (Wildman–Crippen LogP) is 3.41. The molecule has 3 amide bonds. The minimum absolute atomic E-state index is 0.141. The van der Waals surface area contributed by atoms with E-state index >= 15 is 0 Å². The van der Waals surface area contributed by atoms with Crippen LogP contribution in [0.3, 0.4) is 0 Å². The number of allylic oxidation sites excluding steroid dienone is 1. The highest BCUT2D eigenvalue weighted by molar-refractivity contribution is 9.09. The molecule has 0 saturated heterocycles. The number of H-pyrrole nitrogens is 1. The van der Waals surface area contributed by atoms with Gasteiger partial charge in [-0.15, -0.1) is 0 Å². The van der Waals surface area contributed by atoms with E-state index in [1.807, 2.05) is 31.3 Å². The molecule has 2 aromatic rings. The van der Waals surface area contributed by atoms with Gasteiger partial charge in [0.2, 0.25) is 0 Å². The van der Waals surface area contributed by atoms with Crippen LogP contribution in [0.2, 0.25) is 0 Å². The van der Waals surface area contributed by atoms with E-state index < -0.39 is 0 Å². The molecule has 6 nitrogen and oxygen atoms in total. The van der Waals surface area contributed by atoms with E-state index in [4.69, 9.17) is 0 Å². The molecule has 0 fully saturated rings. The molecule has 0 bridgehead atoms. The lowest BCUT2D eigenvalue weighted by Gasteiger charge is -2.09. The number of amides is 3. The molecule has 1 aromatic carbocycles. The normalized spacial score (nSPS) is 14.8. The number of alkyl halides is 1. The molecule has 3 rings (SSSR count). The first-order chi connectivity index (χ1) is 11.6. The average Bonchev–Trinajstić information content (AvgIpc) is 3.19. The molecule has 0 aliphatic carbocycles. The molecule has 7 heteroatoms. The molecule has 124 valence electrons. The molecule has 1 aromatic heterocycles. The Labute approximate surface area is 147 Å². The van der Waals surface area contributed by atoms with E-state index in [1.165, 1.54) is 0 Å². The number of anilines is 2. The Hall–Kier alpha value is -2.54. The SMILES string of the molecule is C/C(=C1\C(=O)Nc2ccc(NC(=O)NCCBr)cc21)c1ccc[nH]1. The van der Waals surface area contributed by atoms with E-state index in [1.54, 1.807) is 12.1 Å². The number of aromatic nitrogens is 1. The van der Waals surface area contributed by atoms with Gasteiger partial charge in [-0.05, 0) is 42.8 Å². The minimum Gasteiger partial charge on any atom is -0.361 e. The van der Waals surface area contributed by atoms with E-state index in [-0.39, 0.29) is 11.9 Å². The van der Waals surface area contributed by atoms with Gasteiger partial charge in [0, 0.05) is 40.7 Å². The van der Waals surface area contributed by atoms with Gasteiger partial charge < -0.3 is 20.9 Å². The number of benzene rings is 1. The topological polar surface area (TPSA) is 86.0 Å². The number of halogens is 1. The molecular formula is C17H17BrN4O2. The summed E-state index contributed by atoms with van der Waals surface area (Å²) in [6.45, 7) is 2.44. The van der Waals surface area contributed by atoms with Crippen molar-refractivity contribution in [1.82, 2.24) is 10.3 Å². The first-order valence-corrected chi connectivity index (χ1v) is 8.63. The van der Waals surface area contributed by atoms with E-state index in [0.29, 0.717) is 23.1 Å². The molecule has 0 radical (unpaired) electrons. The Morgan fingerprint density at radius 3 is 2.83 bits per heavy atom. The van der Waals surface area contributed by atoms with Gasteiger partial charge in [-0.3, -0.25) is 4.79 Å². The third-order valence-electron chi connectivity index (χ3n) is 3.78. The summed E-state index contributed by atoms with van der Waals surface area (Å²) in [5.74, 6) is -0.141. The average molecular weight is 389 g/mol. The van der Waals surface area contributed by atoms with E-state index in [9.17, 15) is 9.59 Å². The quantitative estimate of drug-likeness (QED) is 0.477. The molecule has 0 atom stereocenters. The summed E-state index contributed by atoms with van der Waals surface area (Å²) in [6.07, 6.45) is 1.82. The fourth-order valence-corrected chi connectivity index (χ4v) is 2.85. The van der Waals surface area contributed by atoms with Crippen LogP contribution in [-0.4, -0.2) is 28.8 Å². The zero-order valence-electron chi connectivity index (χ0n) is 13.1. The maximum Gasteiger partial charge on any atom is 0.319 e. The van der Waals surface area contributed by atoms with Crippen LogP contribution in [0, 0.1) is 0 Å². The zero-order valence-corrected chi connectivity index (χ0v) is 14.7. The number of urea groups is 1. The number of hydrogen-bond donors (Lipinski definition) is 4. The molecule has 0 unspecified atom stereocenters. The van der Waals surface area contributed by atoms with Gasteiger partial charge in [-0.1, -0.05) is 15.9 Å². The lowest BCUT2D eigenvalue weighted by molar-refractivity contribution is -0.110. The third-order valence-corrected chi connectivity index (χ3v) is 4.18. The zero-order chi connectivity index (χ0) is 17.1. The molecule has 2 heterocycles. The summed E-state index contributed by atoms with van der Waals surface area (Å²) in [6, 6.07) is 8.89. The van der Waals surface area contributed by atoms with Crippen LogP contribution in [-0.2, 0) is 4.79 Å². The summed E-state index contributed by atoms with van der Waals surface area (Å²) in [5, 5.41) is 9.04. The van der Waals surface area contributed by atoms with Gasteiger partial charge in [-0.25, -0.2) is 4.79 Å². The van der Waals surface area contributed by atoms with Crippen molar-refractivity contribution >= 4 is 50.4 Å². The number of rotatable bonds is 4. The summed E-state index contributed by atoms with van der Waals surface area (Å²) in [4.78, 5) is 27.3. The second kappa shape index (κ2) is 6.92. The molecule has 24 heavy (non-hydrogen) atoms. The Morgan fingerprint density at radius 1 is 1.29 bits per heavy atom. The fraction of sp³-hybridized carbons (Fsp3) is 0.176. The third kappa shape index (κ3) is 3.21. The first-order valence-electron chi connectivity index (χ1n) is 7.51. The fourth-order valence-electron chi connectivity index (χ4n) is 2.65. The number of carbonyl (C=O) groups excluding carboxylic acids is 2. The van der Waals surface area contributed by atoms with Crippen LogP contribution in [0.1, 0.15) is 18.2 Å². The number of hydrogen-bond acceptors (Lipinski definition) is 2. The number of carbonyl (C=O) groups is 2. The highest BCUT2D eigenvalue weighted by atomic mass is 79.9. The van der Waals surface area contributed by atoms with Gasteiger partial charge in [0.1, 0.15) is 0 Å². The summed E-state index contributed by atoms with van der Waals surface area (Å²) in [7, 11) is 0. The second-order valence-corrected chi connectivity index (χ2v) is 6.16. The van der Waals surface area contributed by atoms with Gasteiger partial charge in [0.25, 0.3) is 5.91 Å². The minimum atomic E-state index is -0.279. The first kappa shape index (κ1) is 16.3. The predicted molar refractivity (Wildman–Crippen MR) is 99.2 cm³/mol. The van der Waals surface area contributed by atoms with Crippen molar-refractivity contribution in [3.63, 3.8) is 0 Å². The highest BCUT2D eigenvalue weighted by Gasteiger charge is 2.27. The van der Waals surface area contributed by atoms with Crippen molar-refractivity contribution in [2.75, 3.05) is 22.5 Å². The molecule has 0 saturated carbocycles. The van der Waals surface area contributed by atoms with Gasteiger partial charge in [0.05, 0.1) is 5.57 Å². The highest BCUT2D eigenvalue weighted by Crippen LogP contribution is 2.37. The van der Waals surface area contributed by atoms with E-state index in [2.05, 4.69) is 36.9 Å². The van der Waals surface area contributed by atoms with Crippen LogP contribution < -0.4 is 16.0 Å². The van der Waals surface area contributed by atoms with Crippen molar-refractivity contribution in [2.45, 2.75) is 6.92 Å². The lowest BCUT2D eigenvalue weighted by atomic mass is 9.99. The number of aromatic amines is 1. The molecule has 1 aliphatic heterocycles. The smallest absolute Gasteiger partial charge is 0.319 e. The second-order valence-electron chi connectivity index (χ2n) is 5.37. The van der Waals surface area contributed by atoms with Gasteiger partial charge >= 0.3 is 6.03 Å². The van der Waals surface area contributed by atoms with Gasteiger partial charge in [-0.2, -0.15) is 0 Å². The monoisotopic (exact) mass is 388 g/mol. The van der Waals surface area contributed by atoms with Crippen LogP contribution in [0.4, 0.5) is 16.2 Å². The Balaban J connectivity index is 1.93. The molecular weight excluding hydrogens is 372 g/mol. The molecule has 0 spiro atoms. The molecule has 1 aliphatic rings. The summed E-state index contributed by atoms with van der Waals surface area (Å²) >= 11 is 3.26. The van der Waals surface area contributed by atoms with Crippen LogP contribution in [0.5, 0.6) is 0 Å².